The van der Waals surface area contributed by atoms with Crippen LogP contribution >= 0.6 is 0 Å². The molecule has 0 fully saturated rings. The summed E-state index contributed by atoms with van der Waals surface area (Å²) < 4.78 is 53.2. The number of azo groups is 1. The molecule has 0 bridgehead atoms. The number of nitrogens with zero attached hydrogens (tertiary/aromatic N) is 6. The van der Waals surface area contributed by atoms with E-state index in [1.807, 2.05) is 30.3 Å². The molecule has 0 aliphatic carbocycles. The van der Waals surface area contributed by atoms with Crippen molar-refractivity contribution in [3.63, 3.8) is 0 Å². The first-order chi connectivity index (χ1) is 18.8. The molecule has 0 aliphatic heterocycles. The third-order valence-corrected chi connectivity index (χ3v) is 5.53. The number of benzene rings is 2. The molecule has 0 radical (unpaired) electrons. The fraction of sp³-hybridized carbons (Fsp3) is 0.0714. The fourth-order valence-corrected chi connectivity index (χ4v) is 3.63. The van der Waals surface area contributed by atoms with E-state index in [9.17, 15) is 17.6 Å². The Morgan fingerprint density at radius 2 is 1.59 bits per heavy atom. The highest BCUT2D eigenvalue weighted by atomic mass is 19.4. The number of halogens is 4. The van der Waals surface area contributed by atoms with Crippen molar-refractivity contribution in [2.24, 2.45) is 10.2 Å². The predicted octanol–water partition coefficient (Wildman–Crippen LogP) is 7.79. The maximum Gasteiger partial charge on any atom is 0.416 e. The molecule has 39 heavy (non-hydrogen) atoms. The Balaban J connectivity index is 1.23. The number of alkyl halides is 3. The summed E-state index contributed by atoms with van der Waals surface area (Å²) in [7, 11) is 0. The van der Waals surface area contributed by atoms with Gasteiger partial charge in [-0.3, -0.25) is 9.97 Å². The molecular formula is C28H19F4N7. The second-order valence-electron chi connectivity index (χ2n) is 8.31. The number of hydrogen-bond acceptors (Lipinski definition) is 7. The van der Waals surface area contributed by atoms with E-state index >= 15 is 0 Å². The van der Waals surface area contributed by atoms with E-state index in [-0.39, 0.29) is 23.9 Å². The summed E-state index contributed by atoms with van der Waals surface area (Å²) in [5.74, 6) is -0.643. The first-order valence-electron chi connectivity index (χ1n) is 11.7. The lowest BCUT2D eigenvalue weighted by atomic mass is 10.1. The van der Waals surface area contributed by atoms with Gasteiger partial charge in [-0.25, -0.2) is 14.4 Å². The van der Waals surface area contributed by atoms with Crippen LogP contribution in [0.4, 0.5) is 34.9 Å². The van der Waals surface area contributed by atoms with E-state index in [1.165, 1.54) is 24.5 Å². The summed E-state index contributed by atoms with van der Waals surface area (Å²) in [4.78, 5) is 16.7. The van der Waals surface area contributed by atoms with Crippen LogP contribution in [0.3, 0.4) is 0 Å². The SMILES string of the molecule is Fc1cnc(N=NCc2ccc(Nc3cccc(C(F)(F)F)c3)cn2)nc1-c1ccc(-c2ccccc2)nc1. The normalized spacial score (nSPS) is 11.6. The number of aromatic nitrogens is 4. The lowest BCUT2D eigenvalue weighted by molar-refractivity contribution is -0.137. The molecule has 0 unspecified atom stereocenters. The Kier molecular flexibility index (Phi) is 7.30. The molecule has 2 aromatic carbocycles. The number of anilines is 2. The van der Waals surface area contributed by atoms with Gasteiger partial charge in [0.2, 0.25) is 0 Å². The molecule has 11 heteroatoms. The topological polar surface area (TPSA) is 88.3 Å². The quantitative estimate of drug-likeness (QED) is 0.172. The highest BCUT2D eigenvalue weighted by Gasteiger charge is 2.30. The van der Waals surface area contributed by atoms with Gasteiger partial charge in [0.15, 0.2) is 5.82 Å². The molecule has 0 atom stereocenters. The Hall–Kier alpha value is -5.06. The minimum atomic E-state index is -4.43. The lowest BCUT2D eigenvalue weighted by Crippen LogP contribution is -2.05. The zero-order chi connectivity index (χ0) is 27.2. The van der Waals surface area contributed by atoms with E-state index in [0.717, 1.165) is 29.6 Å². The van der Waals surface area contributed by atoms with Crippen LogP contribution in [-0.2, 0) is 12.7 Å². The molecule has 0 saturated carbocycles. The number of hydrogen-bond donors (Lipinski definition) is 1. The monoisotopic (exact) mass is 529 g/mol. The number of pyridine rings is 2. The number of rotatable bonds is 7. The summed E-state index contributed by atoms with van der Waals surface area (Å²) >= 11 is 0. The van der Waals surface area contributed by atoms with Gasteiger partial charge in [-0.05, 0) is 42.5 Å². The van der Waals surface area contributed by atoms with Gasteiger partial charge in [-0.2, -0.15) is 18.3 Å². The molecule has 194 valence electrons. The average molecular weight is 530 g/mol. The predicted molar refractivity (Wildman–Crippen MR) is 138 cm³/mol. The maximum absolute atomic E-state index is 14.4. The highest BCUT2D eigenvalue weighted by molar-refractivity contribution is 5.65. The number of nitrogens with one attached hydrogen (secondary N) is 1. The van der Waals surface area contributed by atoms with Gasteiger partial charge >= 0.3 is 6.18 Å². The molecule has 3 heterocycles. The van der Waals surface area contributed by atoms with Crippen LogP contribution in [0.1, 0.15) is 11.3 Å². The summed E-state index contributed by atoms with van der Waals surface area (Å²) in [6, 6.07) is 21.3. The molecule has 0 aliphatic rings. The van der Waals surface area contributed by atoms with Crippen LogP contribution in [0.15, 0.2) is 108 Å². The molecule has 1 N–H and O–H groups in total. The third-order valence-electron chi connectivity index (χ3n) is 5.53. The zero-order valence-electron chi connectivity index (χ0n) is 20.1. The summed E-state index contributed by atoms with van der Waals surface area (Å²) in [5, 5.41) is 10.9. The standard InChI is InChI=1S/C28H19F4N7/c29-24-17-35-27(38-26(24)19-9-12-25(34-14-19)18-5-2-1-3-6-18)39-36-16-22-10-11-23(15-33-22)37-21-8-4-7-20(13-21)28(30,31)32/h1-15,17,37H,16H2. The average Bonchev–Trinajstić information content (AvgIpc) is 2.95. The van der Waals surface area contributed by atoms with Crippen molar-refractivity contribution >= 4 is 17.3 Å². The van der Waals surface area contributed by atoms with Crippen LogP contribution in [0.5, 0.6) is 0 Å². The van der Waals surface area contributed by atoms with Crippen molar-refractivity contribution in [3.8, 4) is 22.5 Å². The van der Waals surface area contributed by atoms with E-state index < -0.39 is 17.6 Å². The van der Waals surface area contributed by atoms with Gasteiger partial charge in [0.25, 0.3) is 5.95 Å². The minimum absolute atomic E-state index is 0.0265. The van der Waals surface area contributed by atoms with Gasteiger partial charge in [0.1, 0.15) is 12.2 Å². The lowest BCUT2D eigenvalue weighted by Gasteiger charge is -2.10. The van der Waals surface area contributed by atoms with Crippen molar-refractivity contribution in [2.45, 2.75) is 12.7 Å². The van der Waals surface area contributed by atoms with E-state index in [2.05, 4.69) is 35.5 Å². The van der Waals surface area contributed by atoms with Crippen molar-refractivity contribution < 1.29 is 17.6 Å². The zero-order valence-corrected chi connectivity index (χ0v) is 20.1. The molecule has 0 spiro atoms. The minimum Gasteiger partial charge on any atom is -0.354 e. The van der Waals surface area contributed by atoms with Crippen LogP contribution < -0.4 is 5.32 Å². The third kappa shape index (κ3) is 6.45. The Morgan fingerprint density at radius 3 is 2.31 bits per heavy atom. The van der Waals surface area contributed by atoms with Crippen molar-refractivity contribution in [1.82, 2.24) is 19.9 Å². The molecule has 0 saturated heterocycles. The van der Waals surface area contributed by atoms with Crippen LogP contribution in [-0.4, -0.2) is 19.9 Å². The molecular weight excluding hydrogens is 510 g/mol. The van der Waals surface area contributed by atoms with Gasteiger partial charge in [-0.15, -0.1) is 5.11 Å². The molecule has 5 aromatic rings. The van der Waals surface area contributed by atoms with E-state index in [1.54, 1.807) is 24.3 Å². The highest BCUT2D eigenvalue weighted by Crippen LogP contribution is 2.31. The molecule has 7 nitrogen and oxygen atoms in total. The van der Waals surface area contributed by atoms with E-state index in [4.69, 9.17) is 0 Å². The van der Waals surface area contributed by atoms with Gasteiger partial charge < -0.3 is 5.32 Å². The fourth-order valence-electron chi connectivity index (χ4n) is 3.63. The van der Waals surface area contributed by atoms with Crippen LogP contribution in [0.25, 0.3) is 22.5 Å². The second kappa shape index (κ2) is 11.1. The van der Waals surface area contributed by atoms with Gasteiger partial charge in [-0.1, -0.05) is 36.4 Å². The summed E-state index contributed by atoms with van der Waals surface area (Å²) in [6.45, 7) is 0.0905. The summed E-state index contributed by atoms with van der Waals surface area (Å²) in [5.41, 5.74) is 2.81. The van der Waals surface area contributed by atoms with Gasteiger partial charge in [0, 0.05) is 23.0 Å². The van der Waals surface area contributed by atoms with Crippen molar-refractivity contribution in [2.75, 3.05) is 5.32 Å². The Morgan fingerprint density at radius 1 is 0.744 bits per heavy atom. The Labute approximate surface area is 220 Å². The maximum atomic E-state index is 14.4. The van der Waals surface area contributed by atoms with Crippen LogP contribution in [0, 0.1) is 5.82 Å². The molecule has 3 aromatic heterocycles. The smallest absolute Gasteiger partial charge is 0.354 e. The first kappa shape index (κ1) is 25.6. The molecule has 0 amide bonds. The molecule has 5 rings (SSSR count). The first-order valence-corrected chi connectivity index (χ1v) is 11.7. The van der Waals surface area contributed by atoms with Gasteiger partial charge in [0.05, 0.1) is 35.0 Å². The Bertz CT molecular complexity index is 1590. The van der Waals surface area contributed by atoms with Crippen molar-refractivity contribution in [3.05, 3.63) is 115 Å². The summed E-state index contributed by atoms with van der Waals surface area (Å²) in [6.07, 6.45) is -0.394. The van der Waals surface area contributed by atoms with Crippen molar-refractivity contribution in [1.29, 1.82) is 0 Å². The second-order valence-corrected chi connectivity index (χ2v) is 8.31. The largest absolute Gasteiger partial charge is 0.416 e. The van der Waals surface area contributed by atoms with Crippen LogP contribution in [0.2, 0.25) is 0 Å². The van der Waals surface area contributed by atoms with E-state index in [0.29, 0.717) is 16.9 Å².